The second kappa shape index (κ2) is 22.6. The molecule has 11 rings (SSSR count). The fourth-order valence-electron chi connectivity index (χ4n) is 12.4. The van der Waals surface area contributed by atoms with Crippen LogP contribution in [0.25, 0.3) is 44.0 Å². The number of benzene rings is 9. The first-order valence-electron chi connectivity index (χ1n) is 30.6. The molecule has 11 aromatic rings. The van der Waals surface area contributed by atoms with Crippen molar-refractivity contribution in [3.63, 3.8) is 0 Å². The Morgan fingerprint density at radius 2 is 0.779 bits per heavy atom. The minimum Gasteiger partial charge on any atom is -0.460 e. The van der Waals surface area contributed by atoms with E-state index >= 15 is 0 Å². The molecule has 2 aromatic heterocycles. The molecule has 0 unspecified atom stereocenters. The van der Waals surface area contributed by atoms with Gasteiger partial charge in [-0.2, -0.15) is 0 Å². The first-order valence-corrected chi connectivity index (χ1v) is 30.6. The van der Waals surface area contributed by atoms with E-state index in [1.807, 2.05) is 0 Å². The molecule has 0 amide bonds. The molecule has 5 heteroatoms. The highest BCUT2D eigenvalue weighted by molar-refractivity contribution is 6.11. The molecule has 9 aromatic carbocycles. The smallest absolute Gasteiger partial charge is 0.159 e. The lowest BCUT2D eigenvalue weighted by Crippen LogP contribution is -2.20. The predicted molar refractivity (Wildman–Crippen MR) is 369 cm³/mol. The second-order valence-corrected chi connectivity index (χ2v) is 27.7. The van der Waals surface area contributed by atoms with Crippen LogP contribution < -0.4 is 14.7 Å². The molecule has 0 aliphatic carbocycles. The van der Waals surface area contributed by atoms with Crippen molar-refractivity contribution in [3.8, 4) is 11.1 Å². The van der Waals surface area contributed by atoms with Crippen molar-refractivity contribution >= 4 is 84.1 Å². The van der Waals surface area contributed by atoms with Crippen LogP contribution in [0.3, 0.4) is 0 Å². The van der Waals surface area contributed by atoms with Crippen molar-refractivity contribution < 1.29 is 8.83 Å². The minimum absolute atomic E-state index is 0.0466. The van der Waals surface area contributed by atoms with Crippen molar-refractivity contribution in [2.24, 2.45) is 0 Å². The number of para-hydroxylation sites is 5. The molecule has 0 N–H and O–H groups in total. The molecule has 0 aliphatic rings. The van der Waals surface area contributed by atoms with Gasteiger partial charge >= 0.3 is 0 Å². The largest absolute Gasteiger partial charge is 0.460 e. The van der Waals surface area contributed by atoms with E-state index < -0.39 is 0 Å². The highest BCUT2D eigenvalue weighted by atomic mass is 16.3. The van der Waals surface area contributed by atoms with Gasteiger partial charge in [0.15, 0.2) is 5.58 Å². The Balaban J connectivity index is 1.31. The van der Waals surface area contributed by atoms with Gasteiger partial charge in [-0.15, -0.1) is 0 Å². The van der Waals surface area contributed by atoms with E-state index in [9.17, 15) is 0 Å². The molecule has 0 bridgehead atoms. The van der Waals surface area contributed by atoms with Gasteiger partial charge in [-0.3, -0.25) is 0 Å². The number of aryl methyl sites for hydroxylation is 4. The van der Waals surface area contributed by atoms with Gasteiger partial charge in [0.1, 0.15) is 16.9 Å². The molecule has 0 saturated carbocycles. The van der Waals surface area contributed by atoms with Gasteiger partial charge in [0, 0.05) is 50.0 Å². The molecule has 0 saturated heterocycles. The minimum atomic E-state index is -0.155. The molecule has 0 aliphatic heterocycles. The molecule has 0 fully saturated rings. The zero-order chi connectivity index (χ0) is 61.2. The van der Waals surface area contributed by atoms with E-state index in [-0.39, 0.29) is 21.7 Å². The SMILES string of the molecule is Cc1cc(C(C)(C)C)ccc1N(c1ccc(C(C)(C)C)cc1)c1cc(N(c2ccccc2)c2cccc3c2oc2c(C)cccc23)cc(N(c2ccc(C(C)(C)C)cc2C)c2ccccc2-c2cccc3ccccc(C(C)(C)C)c(C)oc23)c1C. The first kappa shape index (κ1) is 59.0. The van der Waals surface area contributed by atoms with Crippen molar-refractivity contribution in [3.05, 3.63) is 257 Å². The topological polar surface area (TPSA) is 36.0 Å². The van der Waals surface area contributed by atoms with Gasteiger partial charge in [-0.1, -0.05) is 229 Å². The van der Waals surface area contributed by atoms with Crippen LogP contribution in [0.5, 0.6) is 0 Å². The van der Waals surface area contributed by atoms with E-state index in [0.717, 1.165) is 123 Å². The molecule has 86 heavy (non-hydrogen) atoms. The van der Waals surface area contributed by atoms with Crippen LogP contribution in [-0.2, 0) is 21.7 Å². The summed E-state index contributed by atoms with van der Waals surface area (Å²) in [6, 6.07) is 76.1. The summed E-state index contributed by atoms with van der Waals surface area (Å²) in [5.41, 5.74) is 22.9. The van der Waals surface area contributed by atoms with E-state index in [0.29, 0.717) is 0 Å². The third-order valence-electron chi connectivity index (χ3n) is 17.2. The summed E-state index contributed by atoms with van der Waals surface area (Å²) in [5.74, 6) is 0.874. The predicted octanol–water partition coefficient (Wildman–Crippen LogP) is 24.3. The normalized spacial score (nSPS) is 12.2. The average Bonchev–Trinajstić information content (AvgIpc) is 1.20. The summed E-state index contributed by atoms with van der Waals surface area (Å²) >= 11 is 0. The summed E-state index contributed by atoms with van der Waals surface area (Å²) in [6.45, 7) is 38.5. The van der Waals surface area contributed by atoms with Gasteiger partial charge in [0.25, 0.3) is 0 Å². The Bertz CT molecular complexity index is 4390. The average molecular weight is 1130 g/mol. The van der Waals surface area contributed by atoms with Gasteiger partial charge in [0.2, 0.25) is 0 Å². The molecule has 0 spiro atoms. The zero-order valence-corrected chi connectivity index (χ0v) is 53.8. The van der Waals surface area contributed by atoms with E-state index in [4.69, 9.17) is 8.83 Å². The number of hydrogen-bond donors (Lipinski definition) is 0. The van der Waals surface area contributed by atoms with Gasteiger partial charge in [-0.25, -0.2) is 0 Å². The van der Waals surface area contributed by atoms with Crippen LogP contribution in [0.2, 0.25) is 0 Å². The lowest BCUT2D eigenvalue weighted by atomic mass is 9.85. The maximum Gasteiger partial charge on any atom is 0.159 e. The van der Waals surface area contributed by atoms with E-state index in [1.165, 1.54) is 22.3 Å². The van der Waals surface area contributed by atoms with Crippen LogP contribution >= 0.6 is 0 Å². The summed E-state index contributed by atoms with van der Waals surface area (Å²) in [4.78, 5) is 7.44. The number of rotatable bonds is 10. The van der Waals surface area contributed by atoms with Gasteiger partial charge < -0.3 is 23.5 Å². The summed E-state index contributed by atoms with van der Waals surface area (Å²) in [7, 11) is 0. The molecule has 436 valence electrons. The van der Waals surface area contributed by atoms with Crippen LogP contribution in [0.15, 0.2) is 215 Å². The van der Waals surface area contributed by atoms with Crippen molar-refractivity contribution in [1.82, 2.24) is 0 Å². The van der Waals surface area contributed by atoms with Gasteiger partial charge in [0.05, 0.1) is 28.4 Å². The lowest BCUT2D eigenvalue weighted by molar-refractivity contribution is 0.512. The third-order valence-corrected chi connectivity index (χ3v) is 17.2. The van der Waals surface area contributed by atoms with Crippen LogP contribution in [-0.4, -0.2) is 0 Å². The maximum absolute atomic E-state index is 7.26. The maximum atomic E-state index is 7.26. The number of furan rings is 1. The molecule has 0 radical (unpaired) electrons. The highest BCUT2D eigenvalue weighted by Gasteiger charge is 2.31. The number of hydrogen-bond acceptors (Lipinski definition) is 5. The number of anilines is 9. The summed E-state index contributed by atoms with van der Waals surface area (Å²) in [5, 5.41) is 3.16. The van der Waals surface area contributed by atoms with E-state index in [1.54, 1.807) is 0 Å². The van der Waals surface area contributed by atoms with Crippen molar-refractivity contribution in [2.75, 3.05) is 14.7 Å². The van der Waals surface area contributed by atoms with Crippen molar-refractivity contribution in [1.29, 1.82) is 0 Å². The first-order chi connectivity index (χ1) is 40.8. The van der Waals surface area contributed by atoms with Crippen LogP contribution in [0, 0.1) is 34.6 Å². The van der Waals surface area contributed by atoms with Gasteiger partial charge in [-0.05, 0) is 161 Å². The Morgan fingerprint density at radius 3 is 1.40 bits per heavy atom. The number of nitrogens with zero attached hydrogens (tertiary/aromatic N) is 3. The summed E-state index contributed by atoms with van der Waals surface area (Å²) < 4.78 is 14.4. The van der Waals surface area contributed by atoms with Crippen molar-refractivity contribution in [2.45, 2.75) is 139 Å². The lowest BCUT2D eigenvalue weighted by Gasteiger charge is -2.36. The summed E-state index contributed by atoms with van der Waals surface area (Å²) in [6.07, 6.45) is 0. The molecular weight excluding hydrogens is 1050 g/mol. The Labute approximate surface area is 511 Å². The van der Waals surface area contributed by atoms with Crippen LogP contribution in [0.1, 0.15) is 133 Å². The second-order valence-electron chi connectivity index (χ2n) is 27.7. The monoisotopic (exact) mass is 1130 g/mol. The molecular formula is C81H85N3O2. The van der Waals surface area contributed by atoms with Crippen LogP contribution in [0.4, 0.5) is 51.2 Å². The molecule has 5 nitrogen and oxygen atoms in total. The third kappa shape index (κ3) is 11.3. The Kier molecular flexibility index (Phi) is 15.5. The quantitative estimate of drug-likeness (QED) is 0.136. The number of fused-ring (bicyclic) bond motifs is 4. The fraction of sp³-hybridized carbons (Fsp3) is 0.259. The highest BCUT2D eigenvalue weighted by Crippen LogP contribution is 2.53. The zero-order valence-electron chi connectivity index (χ0n) is 53.8. The fourth-order valence-corrected chi connectivity index (χ4v) is 12.4. The Hall–Kier alpha value is -8.80. The molecule has 0 atom stereocenters. The molecule has 2 heterocycles. The Morgan fingerprint density at radius 1 is 0.291 bits per heavy atom. The standard InChI is InChI=1S/C81H85N3O2/c1-52-28-25-34-66-67-36-27-39-72(77(67)86-75(52)66)82(61-31-19-18-20-32-61)63-50-73(83(62-44-40-58(41-45-62)78(6,7)8)69-46-42-59(48-53(69)2)79(9,10)11)55(4)74(51-63)84(70-47-43-60(49-54(70)3)80(12,13)14)71-38-24-22-33-64(71)65-35-26-30-57-29-21-23-37-68(81(15,16)17)56(5)85-76(57)65/h18-51H,1-17H3. The van der Waals surface area contributed by atoms with E-state index in [2.05, 4.69) is 339 Å².